The third-order valence-corrected chi connectivity index (χ3v) is 1.12. The maximum Gasteiger partial charge on any atom is 0.408 e. The first kappa shape index (κ1) is 12.6. The fourth-order valence-electron chi connectivity index (χ4n) is 0.655. The monoisotopic (exact) mass is 199 g/mol. The van der Waals surface area contributed by atoms with Gasteiger partial charge in [-0.15, -0.1) is 0 Å². The summed E-state index contributed by atoms with van der Waals surface area (Å²) in [6.45, 7) is 5.08. The van der Waals surface area contributed by atoms with Crippen molar-refractivity contribution >= 4 is 18.7 Å². The normalized spacial score (nSPS) is 12.8. The smallest absolute Gasteiger partial charge is 0.408 e. The van der Waals surface area contributed by atoms with E-state index in [4.69, 9.17) is 4.74 Å². The van der Waals surface area contributed by atoms with Crippen LogP contribution in [0.15, 0.2) is 0 Å². The van der Waals surface area contributed by atoms with E-state index in [1.807, 2.05) is 0 Å². The molecule has 14 heavy (non-hydrogen) atoms. The third-order valence-electron chi connectivity index (χ3n) is 1.12. The maximum absolute atomic E-state index is 11.1. The molecule has 0 aromatic rings. The first-order valence-corrected chi connectivity index (χ1v) is 4.11. The summed E-state index contributed by atoms with van der Waals surface area (Å²) in [4.78, 5) is 31.2. The van der Waals surface area contributed by atoms with Crippen LogP contribution in [0.1, 0.15) is 27.2 Å². The van der Waals surface area contributed by atoms with E-state index in [9.17, 15) is 14.4 Å². The van der Waals surface area contributed by atoms with Crippen molar-refractivity contribution in [2.24, 2.45) is 0 Å². The summed E-state index contributed by atoms with van der Waals surface area (Å²) in [5.74, 6) is 0. The van der Waals surface area contributed by atoms with Crippen LogP contribution >= 0.6 is 0 Å². The lowest BCUT2D eigenvalue weighted by molar-refractivity contribution is 0.0518. The zero-order valence-corrected chi connectivity index (χ0v) is 8.42. The Morgan fingerprint density at radius 2 is 2.00 bits per heavy atom. The number of hydrogen-bond donors (Lipinski definition) is 1. The van der Waals surface area contributed by atoms with Gasteiger partial charge in [0.05, 0.1) is 0 Å². The molecule has 1 N–H and O–H groups in total. The molecule has 0 fully saturated rings. The van der Waals surface area contributed by atoms with Crippen LogP contribution in [0.4, 0.5) is 4.79 Å². The predicted octanol–water partition coefficient (Wildman–Crippen LogP) is 0.489. The molecule has 2 radical (unpaired) electrons. The van der Waals surface area contributed by atoms with Crippen molar-refractivity contribution in [3.63, 3.8) is 0 Å². The Balaban J connectivity index is 4.03. The van der Waals surface area contributed by atoms with E-state index in [0.29, 0.717) is 0 Å². The Hall–Kier alpha value is -1.39. The number of ether oxygens (including phenoxy) is 1. The molecule has 0 aliphatic rings. The molecule has 1 atom stereocenters. The topological polar surface area (TPSA) is 72.5 Å². The quantitative estimate of drug-likeness (QED) is 0.715. The Morgan fingerprint density at radius 3 is 2.36 bits per heavy atom. The minimum atomic E-state index is -0.984. The van der Waals surface area contributed by atoms with Crippen LogP contribution in [0.5, 0.6) is 0 Å². The molecule has 0 aliphatic heterocycles. The molecule has 0 aromatic carbocycles. The summed E-state index contributed by atoms with van der Waals surface area (Å²) >= 11 is 0. The number of alkyl carbamates (subject to hydrolysis) is 1. The van der Waals surface area contributed by atoms with Gasteiger partial charge in [-0.05, 0) is 20.8 Å². The van der Waals surface area contributed by atoms with Gasteiger partial charge in [-0.1, -0.05) is 0 Å². The number of nitrogens with one attached hydrogen (secondary N) is 1. The minimum absolute atomic E-state index is 0.220. The average Bonchev–Trinajstić information content (AvgIpc) is 2.00. The van der Waals surface area contributed by atoms with Crippen LogP contribution in [-0.4, -0.2) is 30.3 Å². The van der Waals surface area contributed by atoms with Crippen molar-refractivity contribution in [3.05, 3.63) is 0 Å². The van der Waals surface area contributed by atoms with E-state index in [0.717, 1.165) is 0 Å². The summed E-state index contributed by atoms with van der Waals surface area (Å²) in [7, 11) is 0. The van der Waals surface area contributed by atoms with Crippen molar-refractivity contribution in [3.8, 4) is 0 Å². The second-order valence-electron chi connectivity index (χ2n) is 3.67. The van der Waals surface area contributed by atoms with E-state index in [1.54, 1.807) is 20.8 Å². The Bertz CT molecular complexity index is 219. The molecule has 0 aromatic heterocycles. The molecular weight excluding hydrogens is 186 g/mol. The summed E-state index contributed by atoms with van der Waals surface area (Å²) in [6, 6.07) is -0.984. The zero-order chi connectivity index (χ0) is 11.2. The van der Waals surface area contributed by atoms with E-state index in [-0.39, 0.29) is 6.42 Å². The van der Waals surface area contributed by atoms with Crippen molar-refractivity contribution in [1.82, 2.24) is 5.32 Å². The molecule has 0 rings (SSSR count). The molecule has 5 nitrogen and oxygen atoms in total. The first-order chi connectivity index (χ1) is 6.39. The van der Waals surface area contributed by atoms with Crippen molar-refractivity contribution in [1.29, 1.82) is 0 Å². The van der Waals surface area contributed by atoms with Crippen molar-refractivity contribution < 1.29 is 19.1 Å². The molecule has 0 heterocycles. The fraction of sp³-hybridized carbons (Fsp3) is 0.667. The molecule has 0 bridgehead atoms. The van der Waals surface area contributed by atoms with Crippen LogP contribution in [0.3, 0.4) is 0 Å². The van der Waals surface area contributed by atoms with Crippen molar-refractivity contribution in [2.45, 2.75) is 38.8 Å². The lowest BCUT2D eigenvalue weighted by atomic mass is 10.2. The predicted molar refractivity (Wildman–Crippen MR) is 49.2 cm³/mol. The van der Waals surface area contributed by atoms with Gasteiger partial charge in [0.25, 0.3) is 0 Å². The van der Waals surface area contributed by atoms with Gasteiger partial charge in [-0.2, -0.15) is 0 Å². The molecule has 0 aliphatic carbocycles. The SMILES string of the molecule is CC(C)(C)OC(=O)N[C@H]([C]=O)C[C]=O. The first-order valence-electron chi connectivity index (χ1n) is 4.11. The third kappa shape index (κ3) is 6.16. The van der Waals surface area contributed by atoms with E-state index in [1.165, 1.54) is 12.6 Å². The van der Waals surface area contributed by atoms with Crippen LogP contribution in [0.25, 0.3) is 0 Å². The molecule has 0 saturated heterocycles. The summed E-state index contributed by atoms with van der Waals surface area (Å²) in [5, 5.41) is 2.18. The fourth-order valence-corrected chi connectivity index (χ4v) is 0.655. The Kier molecular flexibility index (Phi) is 4.83. The van der Waals surface area contributed by atoms with Gasteiger partial charge < -0.3 is 10.1 Å². The minimum Gasteiger partial charge on any atom is -0.444 e. The van der Waals surface area contributed by atoms with Gasteiger partial charge >= 0.3 is 6.09 Å². The van der Waals surface area contributed by atoms with Gasteiger partial charge in [-0.25, -0.2) is 4.79 Å². The molecule has 0 unspecified atom stereocenters. The molecule has 0 spiro atoms. The second kappa shape index (κ2) is 5.36. The Morgan fingerprint density at radius 1 is 1.43 bits per heavy atom. The average molecular weight is 199 g/mol. The maximum atomic E-state index is 11.1. The lowest BCUT2D eigenvalue weighted by Crippen LogP contribution is -2.40. The van der Waals surface area contributed by atoms with E-state index >= 15 is 0 Å². The van der Waals surface area contributed by atoms with Crippen LogP contribution in [-0.2, 0) is 14.3 Å². The molecular formula is C9H13NO4. The van der Waals surface area contributed by atoms with Gasteiger partial charge in [-0.3, -0.25) is 9.59 Å². The Labute approximate surface area is 82.8 Å². The van der Waals surface area contributed by atoms with E-state index in [2.05, 4.69) is 5.32 Å². The van der Waals surface area contributed by atoms with Gasteiger partial charge in [0.2, 0.25) is 12.6 Å². The molecule has 1 amide bonds. The highest BCUT2D eigenvalue weighted by Crippen LogP contribution is 2.06. The zero-order valence-electron chi connectivity index (χ0n) is 8.42. The molecule has 5 heteroatoms. The standard InChI is InChI=1S/C9H13NO4/c1-9(2,3)14-8(13)10-7(6-12)4-5-11/h7H,4H2,1-3H3,(H,10,13)/t7-/m0/s1. The summed E-state index contributed by atoms with van der Waals surface area (Å²) in [6.07, 6.45) is 2.03. The number of carbonyl (C=O) groups excluding carboxylic acids is 3. The molecule has 0 saturated carbocycles. The number of carbonyl (C=O) groups is 1. The molecule has 78 valence electrons. The lowest BCUT2D eigenvalue weighted by Gasteiger charge is -2.20. The largest absolute Gasteiger partial charge is 0.444 e. The number of hydrogen-bond acceptors (Lipinski definition) is 4. The van der Waals surface area contributed by atoms with Gasteiger partial charge in [0, 0.05) is 6.42 Å². The van der Waals surface area contributed by atoms with Crippen LogP contribution < -0.4 is 5.32 Å². The van der Waals surface area contributed by atoms with E-state index < -0.39 is 17.7 Å². The second-order valence-corrected chi connectivity index (χ2v) is 3.67. The number of rotatable bonds is 4. The highest BCUT2D eigenvalue weighted by atomic mass is 16.6. The summed E-state index contributed by atoms with van der Waals surface area (Å²) in [5.41, 5.74) is -0.636. The van der Waals surface area contributed by atoms with Crippen LogP contribution in [0.2, 0.25) is 0 Å². The summed E-state index contributed by atoms with van der Waals surface area (Å²) < 4.78 is 4.86. The number of amides is 1. The van der Waals surface area contributed by atoms with Gasteiger partial charge in [0.15, 0.2) is 0 Å². The highest BCUT2D eigenvalue weighted by Gasteiger charge is 2.19. The highest BCUT2D eigenvalue weighted by molar-refractivity contribution is 5.75. The van der Waals surface area contributed by atoms with Gasteiger partial charge in [0.1, 0.15) is 11.6 Å². The van der Waals surface area contributed by atoms with Crippen LogP contribution in [0, 0.1) is 0 Å². The van der Waals surface area contributed by atoms with Crippen molar-refractivity contribution in [2.75, 3.05) is 0 Å².